The molecule has 0 spiro atoms. The molecule has 0 saturated heterocycles. The van der Waals surface area contributed by atoms with E-state index >= 15 is 0 Å². The Labute approximate surface area is 146 Å². The molecule has 0 fully saturated rings. The van der Waals surface area contributed by atoms with E-state index in [4.69, 9.17) is 10.00 Å². The van der Waals surface area contributed by atoms with E-state index in [1.54, 1.807) is 36.4 Å². The number of benzene rings is 2. The molecule has 0 radical (unpaired) electrons. The van der Waals surface area contributed by atoms with Crippen LogP contribution < -0.4 is 15.4 Å². The quantitative estimate of drug-likeness (QED) is 0.848. The fraction of sp³-hybridized carbons (Fsp3) is 0.211. The predicted molar refractivity (Wildman–Crippen MR) is 94.5 cm³/mol. The fourth-order valence-electron chi connectivity index (χ4n) is 2.28. The number of hydrogen-bond donors (Lipinski definition) is 2. The van der Waals surface area contributed by atoms with Gasteiger partial charge in [0.25, 0.3) is 11.8 Å². The summed E-state index contributed by atoms with van der Waals surface area (Å²) >= 11 is 0. The Bertz CT molecular complexity index is 825. The van der Waals surface area contributed by atoms with Crippen molar-refractivity contribution in [2.45, 2.75) is 13.8 Å². The van der Waals surface area contributed by atoms with Crippen LogP contribution in [0.4, 0.5) is 5.69 Å². The lowest BCUT2D eigenvalue weighted by molar-refractivity contribution is -0.118. The van der Waals surface area contributed by atoms with E-state index in [1.807, 2.05) is 26.0 Å². The number of nitrogens with zero attached hydrogens (tertiary/aromatic N) is 1. The Hall–Kier alpha value is -3.33. The maximum atomic E-state index is 12.1. The van der Waals surface area contributed by atoms with Crippen molar-refractivity contribution < 1.29 is 14.3 Å². The zero-order valence-electron chi connectivity index (χ0n) is 14.1. The lowest BCUT2D eigenvalue weighted by atomic mass is 10.1. The van der Waals surface area contributed by atoms with Crippen molar-refractivity contribution in [2.24, 2.45) is 0 Å². The van der Waals surface area contributed by atoms with Gasteiger partial charge in [-0.25, -0.2) is 0 Å². The van der Waals surface area contributed by atoms with Gasteiger partial charge in [-0.2, -0.15) is 5.26 Å². The number of nitrogens with one attached hydrogen (secondary N) is 2. The first-order valence-corrected chi connectivity index (χ1v) is 7.85. The topological polar surface area (TPSA) is 91.2 Å². The average Bonchev–Trinajstić information content (AvgIpc) is 2.60. The molecule has 0 bridgehead atoms. The molecule has 0 atom stereocenters. The van der Waals surface area contributed by atoms with Crippen molar-refractivity contribution in [1.29, 1.82) is 5.26 Å². The zero-order chi connectivity index (χ0) is 18.2. The van der Waals surface area contributed by atoms with E-state index in [0.29, 0.717) is 29.1 Å². The van der Waals surface area contributed by atoms with E-state index in [-0.39, 0.29) is 18.4 Å². The number of rotatable bonds is 6. The molecule has 2 amide bonds. The van der Waals surface area contributed by atoms with Gasteiger partial charge in [0.15, 0.2) is 6.61 Å². The molecule has 0 aliphatic rings. The molecule has 128 valence electrons. The van der Waals surface area contributed by atoms with E-state index in [0.717, 1.165) is 5.56 Å². The Balaban J connectivity index is 2.06. The molecule has 6 nitrogen and oxygen atoms in total. The van der Waals surface area contributed by atoms with Gasteiger partial charge in [0.2, 0.25) is 0 Å². The van der Waals surface area contributed by atoms with Crippen LogP contribution in [0.2, 0.25) is 0 Å². The highest BCUT2D eigenvalue weighted by Gasteiger charge is 2.15. The molecule has 0 unspecified atom stereocenters. The minimum absolute atomic E-state index is 0.242. The zero-order valence-corrected chi connectivity index (χ0v) is 14.1. The third kappa shape index (κ3) is 4.82. The lowest BCUT2D eigenvalue weighted by Gasteiger charge is -2.14. The summed E-state index contributed by atoms with van der Waals surface area (Å²) in [5.74, 6) is -0.238. The van der Waals surface area contributed by atoms with Crippen molar-refractivity contribution in [2.75, 3.05) is 18.5 Å². The number of carbonyl (C=O) groups excluding carboxylic acids is 2. The van der Waals surface area contributed by atoms with Gasteiger partial charge < -0.3 is 15.4 Å². The van der Waals surface area contributed by atoms with Crippen LogP contribution in [0.15, 0.2) is 42.5 Å². The number of ether oxygens (including phenoxy) is 1. The molecule has 2 aromatic rings. The number of aryl methyl sites for hydroxylation is 1. The number of hydrogen-bond acceptors (Lipinski definition) is 4. The summed E-state index contributed by atoms with van der Waals surface area (Å²) in [4.78, 5) is 24.2. The molecule has 2 rings (SSSR count). The number of para-hydroxylation sites is 1. The molecule has 0 aliphatic heterocycles. The summed E-state index contributed by atoms with van der Waals surface area (Å²) in [5.41, 5.74) is 2.13. The molecule has 0 heterocycles. The standard InChI is InChI=1S/C19H19N3O3/c1-3-21-19(24)16-9-4-6-13(2)18(16)25-12-17(23)22-15-8-5-7-14(10-15)11-20/h4-10H,3,12H2,1-2H3,(H,21,24)(H,22,23). The maximum absolute atomic E-state index is 12.1. The number of anilines is 1. The molecule has 2 aromatic carbocycles. The Kier molecular flexibility index (Phi) is 6.13. The van der Waals surface area contributed by atoms with Crippen LogP contribution in [0.25, 0.3) is 0 Å². The highest BCUT2D eigenvalue weighted by molar-refractivity contribution is 5.97. The van der Waals surface area contributed by atoms with Gasteiger partial charge >= 0.3 is 0 Å². The van der Waals surface area contributed by atoms with Crippen LogP contribution in [0.1, 0.15) is 28.4 Å². The third-order valence-electron chi connectivity index (χ3n) is 3.42. The first kappa shape index (κ1) is 18.0. The largest absolute Gasteiger partial charge is 0.483 e. The number of carbonyl (C=O) groups is 2. The summed E-state index contributed by atoms with van der Waals surface area (Å²) in [5, 5.41) is 14.3. The molecule has 6 heteroatoms. The first-order chi connectivity index (χ1) is 12.0. The van der Waals surface area contributed by atoms with Crippen molar-refractivity contribution in [3.8, 4) is 11.8 Å². The van der Waals surface area contributed by atoms with E-state index < -0.39 is 0 Å². The average molecular weight is 337 g/mol. The second-order valence-electron chi connectivity index (χ2n) is 5.34. The minimum Gasteiger partial charge on any atom is -0.483 e. The summed E-state index contributed by atoms with van der Waals surface area (Å²) in [6, 6.07) is 13.8. The van der Waals surface area contributed by atoms with Gasteiger partial charge in [0.05, 0.1) is 17.2 Å². The summed E-state index contributed by atoms with van der Waals surface area (Å²) < 4.78 is 5.59. The number of nitriles is 1. The van der Waals surface area contributed by atoms with Crippen molar-refractivity contribution >= 4 is 17.5 Å². The minimum atomic E-state index is -0.375. The van der Waals surface area contributed by atoms with Crippen LogP contribution in [0, 0.1) is 18.3 Å². The summed E-state index contributed by atoms with van der Waals surface area (Å²) in [6.45, 7) is 3.90. The van der Waals surface area contributed by atoms with Gasteiger partial charge in [0, 0.05) is 12.2 Å². The molecule has 0 saturated carbocycles. The molecular formula is C19H19N3O3. The summed E-state index contributed by atoms with van der Waals surface area (Å²) in [7, 11) is 0. The lowest BCUT2D eigenvalue weighted by Crippen LogP contribution is -2.25. The van der Waals surface area contributed by atoms with Crippen molar-refractivity contribution in [1.82, 2.24) is 5.32 Å². The molecular weight excluding hydrogens is 318 g/mol. The SMILES string of the molecule is CCNC(=O)c1cccc(C)c1OCC(=O)Nc1cccc(C#N)c1. The molecule has 0 aliphatic carbocycles. The van der Waals surface area contributed by atoms with Gasteiger partial charge in [-0.3, -0.25) is 9.59 Å². The van der Waals surface area contributed by atoms with Gasteiger partial charge in [0.1, 0.15) is 5.75 Å². The molecule has 0 aromatic heterocycles. The number of amides is 2. The Morgan fingerprint density at radius 3 is 2.68 bits per heavy atom. The van der Waals surface area contributed by atoms with Crippen LogP contribution >= 0.6 is 0 Å². The normalized spacial score (nSPS) is 9.80. The Morgan fingerprint density at radius 2 is 1.96 bits per heavy atom. The van der Waals surface area contributed by atoms with Crippen LogP contribution in [-0.2, 0) is 4.79 Å². The molecule has 25 heavy (non-hydrogen) atoms. The summed E-state index contributed by atoms with van der Waals surface area (Å²) in [6.07, 6.45) is 0. The first-order valence-electron chi connectivity index (χ1n) is 7.85. The van der Waals surface area contributed by atoms with Gasteiger partial charge in [-0.05, 0) is 43.7 Å². The van der Waals surface area contributed by atoms with Crippen LogP contribution in [0.5, 0.6) is 5.75 Å². The fourth-order valence-corrected chi connectivity index (χ4v) is 2.28. The maximum Gasteiger partial charge on any atom is 0.262 e. The van der Waals surface area contributed by atoms with Gasteiger partial charge in [-0.15, -0.1) is 0 Å². The second kappa shape index (κ2) is 8.50. The van der Waals surface area contributed by atoms with E-state index in [1.165, 1.54) is 0 Å². The second-order valence-corrected chi connectivity index (χ2v) is 5.34. The van der Waals surface area contributed by atoms with Gasteiger partial charge in [-0.1, -0.05) is 18.2 Å². The highest BCUT2D eigenvalue weighted by atomic mass is 16.5. The predicted octanol–water partition coefficient (Wildman–Crippen LogP) is 2.63. The third-order valence-corrected chi connectivity index (χ3v) is 3.42. The van der Waals surface area contributed by atoms with E-state index in [9.17, 15) is 9.59 Å². The van der Waals surface area contributed by atoms with Crippen LogP contribution in [-0.4, -0.2) is 25.0 Å². The smallest absolute Gasteiger partial charge is 0.262 e. The molecule has 2 N–H and O–H groups in total. The van der Waals surface area contributed by atoms with Crippen LogP contribution in [0.3, 0.4) is 0 Å². The highest BCUT2D eigenvalue weighted by Crippen LogP contribution is 2.23. The van der Waals surface area contributed by atoms with E-state index in [2.05, 4.69) is 10.6 Å². The monoisotopic (exact) mass is 337 g/mol. The van der Waals surface area contributed by atoms with Crippen molar-refractivity contribution in [3.63, 3.8) is 0 Å². The Morgan fingerprint density at radius 1 is 1.20 bits per heavy atom. The van der Waals surface area contributed by atoms with Crippen molar-refractivity contribution in [3.05, 3.63) is 59.2 Å².